The molecule has 0 aromatic heterocycles. The highest BCUT2D eigenvalue weighted by molar-refractivity contribution is 14.0. The van der Waals surface area contributed by atoms with Gasteiger partial charge in [0.05, 0.1) is 18.9 Å². The van der Waals surface area contributed by atoms with Crippen molar-refractivity contribution in [2.45, 2.75) is 46.0 Å². The van der Waals surface area contributed by atoms with E-state index in [4.69, 9.17) is 4.74 Å². The number of aliphatic imine (C=N–C) groups is 1. The van der Waals surface area contributed by atoms with Gasteiger partial charge in [-0.15, -0.1) is 24.0 Å². The zero-order valence-electron chi connectivity index (χ0n) is 19.3. The van der Waals surface area contributed by atoms with Crippen LogP contribution in [0.3, 0.4) is 0 Å². The smallest absolute Gasteiger partial charge is 0.215 e. The van der Waals surface area contributed by atoms with Gasteiger partial charge in [-0.05, 0) is 50.1 Å². The molecular formula is C23H35IN4O3S. The lowest BCUT2D eigenvalue weighted by Gasteiger charge is -2.15. The van der Waals surface area contributed by atoms with Crippen molar-refractivity contribution in [2.75, 3.05) is 20.2 Å². The van der Waals surface area contributed by atoms with E-state index in [0.29, 0.717) is 25.7 Å². The number of nitrogens with one attached hydrogen (secondary N) is 3. The minimum atomic E-state index is -3.30. The first-order chi connectivity index (χ1) is 14.9. The van der Waals surface area contributed by atoms with Gasteiger partial charge < -0.3 is 15.4 Å². The number of hydrogen-bond donors (Lipinski definition) is 3. The number of ether oxygens (including phenoxy) is 1. The van der Waals surface area contributed by atoms with Crippen LogP contribution in [-0.4, -0.2) is 34.6 Å². The lowest BCUT2D eigenvalue weighted by atomic mass is 10.1. The molecule has 9 heteroatoms. The predicted octanol–water partition coefficient (Wildman–Crippen LogP) is 3.71. The second-order valence-electron chi connectivity index (χ2n) is 7.29. The van der Waals surface area contributed by atoms with E-state index < -0.39 is 10.0 Å². The van der Waals surface area contributed by atoms with Gasteiger partial charge in [0.25, 0.3) is 0 Å². The summed E-state index contributed by atoms with van der Waals surface area (Å²) in [4.78, 5) is 4.65. The van der Waals surface area contributed by atoms with Crippen molar-refractivity contribution in [3.8, 4) is 5.75 Å². The summed E-state index contributed by atoms with van der Waals surface area (Å²) in [5.41, 5.74) is 3.92. The van der Waals surface area contributed by atoms with Gasteiger partial charge in [-0.1, -0.05) is 43.3 Å². The summed E-state index contributed by atoms with van der Waals surface area (Å²) in [5.74, 6) is 1.54. The van der Waals surface area contributed by atoms with E-state index in [0.717, 1.165) is 41.0 Å². The molecule has 2 aromatic carbocycles. The number of halogens is 1. The van der Waals surface area contributed by atoms with Crippen LogP contribution in [0.4, 0.5) is 0 Å². The van der Waals surface area contributed by atoms with Gasteiger partial charge in [-0.25, -0.2) is 18.1 Å². The van der Waals surface area contributed by atoms with Crippen molar-refractivity contribution in [1.82, 2.24) is 15.4 Å². The summed E-state index contributed by atoms with van der Waals surface area (Å²) < 4.78 is 31.8. The fourth-order valence-electron chi connectivity index (χ4n) is 2.95. The van der Waals surface area contributed by atoms with Gasteiger partial charge in [0.2, 0.25) is 10.0 Å². The molecule has 0 saturated carbocycles. The zero-order valence-corrected chi connectivity index (χ0v) is 22.4. The average Bonchev–Trinajstić information content (AvgIpc) is 2.75. The number of hydrogen-bond acceptors (Lipinski definition) is 4. The van der Waals surface area contributed by atoms with Crippen LogP contribution in [0.5, 0.6) is 5.75 Å². The third kappa shape index (κ3) is 9.74. The molecule has 2 rings (SSSR count). The van der Waals surface area contributed by atoms with E-state index in [1.165, 1.54) is 7.05 Å². The standard InChI is InChI=1S/C23H34N4O3S.HI/c1-5-12-30-22-13-18(3)10-11-21(22)16-27-23(25-6-2)26-15-19-8-7-9-20(14-19)17-31(28,29)24-4;/h7-11,13-14,24H,5-6,12,15-17H2,1-4H3,(H2,25,26,27);1H. The van der Waals surface area contributed by atoms with Crippen LogP contribution in [0.25, 0.3) is 0 Å². The number of benzene rings is 2. The van der Waals surface area contributed by atoms with E-state index in [2.05, 4.69) is 52.4 Å². The third-order valence-electron chi connectivity index (χ3n) is 4.55. The lowest BCUT2D eigenvalue weighted by Crippen LogP contribution is -2.36. The molecule has 0 amide bonds. The molecule has 0 aliphatic carbocycles. The molecule has 32 heavy (non-hydrogen) atoms. The molecule has 0 saturated heterocycles. The first kappa shape index (κ1) is 28.2. The SMILES string of the molecule is CCCOc1cc(C)ccc1CNC(=NCc1cccc(CS(=O)(=O)NC)c1)NCC.I. The summed E-state index contributed by atoms with van der Waals surface area (Å²) in [7, 11) is -1.88. The van der Waals surface area contributed by atoms with Gasteiger partial charge in [-0.2, -0.15) is 0 Å². The summed E-state index contributed by atoms with van der Waals surface area (Å²) in [6.07, 6.45) is 0.958. The number of guanidine groups is 1. The Labute approximate surface area is 209 Å². The molecule has 178 valence electrons. The zero-order chi connectivity index (χ0) is 22.7. The van der Waals surface area contributed by atoms with Crippen molar-refractivity contribution in [2.24, 2.45) is 4.99 Å². The Balaban J connectivity index is 0.00000512. The Morgan fingerprint density at radius 1 is 1.06 bits per heavy atom. The third-order valence-corrected chi connectivity index (χ3v) is 5.89. The van der Waals surface area contributed by atoms with Gasteiger partial charge in [0.15, 0.2) is 5.96 Å². The Morgan fingerprint density at radius 2 is 1.81 bits per heavy atom. The van der Waals surface area contributed by atoms with Crippen molar-refractivity contribution in [3.63, 3.8) is 0 Å². The first-order valence-corrected chi connectivity index (χ1v) is 12.3. The minimum absolute atomic E-state index is 0. The summed E-state index contributed by atoms with van der Waals surface area (Å²) >= 11 is 0. The molecule has 3 N–H and O–H groups in total. The summed E-state index contributed by atoms with van der Waals surface area (Å²) in [6.45, 7) is 8.61. The van der Waals surface area contributed by atoms with Crippen LogP contribution in [0.2, 0.25) is 0 Å². The molecule has 0 bridgehead atoms. The van der Waals surface area contributed by atoms with Crippen molar-refractivity contribution < 1.29 is 13.2 Å². The normalized spacial score (nSPS) is 11.6. The van der Waals surface area contributed by atoms with Crippen molar-refractivity contribution >= 4 is 40.0 Å². The van der Waals surface area contributed by atoms with E-state index in [-0.39, 0.29) is 29.7 Å². The van der Waals surface area contributed by atoms with Crippen LogP contribution in [-0.2, 0) is 28.9 Å². The van der Waals surface area contributed by atoms with Crippen LogP contribution in [0, 0.1) is 6.92 Å². The predicted molar refractivity (Wildman–Crippen MR) is 142 cm³/mol. The molecule has 0 radical (unpaired) electrons. The van der Waals surface area contributed by atoms with Crippen LogP contribution < -0.4 is 20.1 Å². The van der Waals surface area contributed by atoms with E-state index in [1.54, 1.807) is 6.07 Å². The minimum Gasteiger partial charge on any atom is -0.493 e. The molecular weight excluding hydrogens is 539 g/mol. The number of rotatable bonds is 11. The number of sulfonamides is 1. The van der Waals surface area contributed by atoms with Gasteiger partial charge in [0, 0.05) is 18.7 Å². The second-order valence-corrected chi connectivity index (χ2v) is 9.22. The van der Waals surface area contributed by atoms with Gasteiger partial charge >= 0.3 is 0 Å². The molecule has 2 aromatic rings. The van der Waals surface area contributed by atoms with Crippen molar-refractivity contribution in [1.29, 1.82) is 0 Å². The highest BCUT2D eigenvalue weighted by Crippen LogP contribution is 2.20. The van der Waals surface area contributed by atoms with E-state index in [9.17, 15) is 8.42 Å². The molecule has 0 aliphatic heterocycles. The monoisotopic (exact) mass is 574 g/mol. The molecule has 0 atom stereocenters. The Morgan fingerprint density at radius 3 is 2.50 bits per heavy atom. The van der Waals surface area contributed by atoms with Crippen LogP contribution >= 0.6 is 24.0 Å². The number of aryl methyl sites for hydroxylation is 1. The molecule has 7 nitrogen and oxygen atoms in total. The topological polar surface area (TPSA) is 91.8 Å². The van der Waals surface area contributed by atoms with Crippen molar-refractivity contribution in [3.05, 3.63) is 64.7 Å². The largest absolute Gasteiger partial charge is 0.493 e. The maximum Gasteiger partial charge on any atom is 0.215 e. The Bertz CT molecular complexity index is 981. The first-order valence-electron chi connectivity index (χ1n) is 10.6. The quantitative estimate of drug-likeness (QED) is 0.216. The molecule has 0 unspecified atom stereocenters. The fraction of sp³-hybridized carbons (Fsp3) is 0.435. The molecule has 0 heterocycles. The summed E-state index contributed by atoms with van der Waals surface area (Å²) in [5, 5.41) is 6.61. The highest BCUT2D eigenvalue weighted by Gasteiger charge is 2.09. The maximum absolute atomic E-state index is 11.8. The molecule has 0 spiro atoms. The van der Waals surface area contributed by atoms with E-state index >= 15 is 0 Å². The Kier molecular flexibility index (Phi) is 12.6. The average molecular weight is 575 g/mol. The van der Waals surface area contributed by atoms with Gasteiger partial charge in [0.1, 0.15) is 5.75 Å². The molecule has 0 fully saturated rings. The van der Waals surface area contributed by atoms with E-state index in [1.807, 2.05) is 25.1 Å². The van der Waals surface area contributed by atoms with Crippen LogP contribution in [0.15, 0.2) is 47.5 Å². The summed E-state index contributed by atoms with van der Waals surface area (Å²) in [6, 6.07) is 13.7. The van der Waals surface area contributed by atoms with Gasteiger partial charge in [-0.3, -0.25) is 0 Å². The second kappa shape index (κ2) is 14.3. The number of nitrogens with zero attached hydrogens (tertiary/aromatic N) is 1. The van der Waals surface area contributed by atoms with Crippen LogP contribution in [0.1, 0.15) is 42.5 Å². The molecule has 0 aliphatic rings. The fourth-order valence-corrected chi connectivity index (χ4v) is 3.72. The Hall–Kier alpha value is -1.85. The maximum atomic E-state index is 11.8. The highest BCUT2D eigenvalue weighted by atomic mass is 127. The lowest BCUT2D eigenvalue weighted by molar-refractivity contribution is 0.313.